The molecule has 1 aromatic heterocycles. The fourth-order valence-electron chi connectivity index (χ4n) is 3.07. The summed E-state index contributed by atoms with van der Waals surface area (Å²) < 4.78 is 16.0. The molecule has 1 atom stereocenters. The molecule has 0 aliphatic carbocycles. The van der Waals surface area contributed by atoms with E-state index in [4.69, 9.17) is 25.5 Å². The van der Waals surface area contributed by atoms with Gasteiger partial charge in [-0.1, -0.05) is 11.6 Å². The van der Waals surface area contributed by atoms with Gasteiger partial charge in [0, 0.05) is 25.7 Å². The average molecular weight is 338 g/mol. The molecule has 3 rings (SSSR count). The van der Waals surface area contributed by atoms with Crippen molar-refractivity contribution < 1.29 is 18.7 Å². The van der Waals surface area contributed by atoms with E-state index in [9.17, 15) is 4.79 Å². The zero-order chi connectivity index (χ0) is 16.2. The minimum absolute atomic E-state index is 0.0333. The summed E-state index contributed by atoms with van der Waals surface area (Å²) in [5.74, 6) is 0.224. The van der Waals surface area contributed by atoms with Crippen molar-refractivity contribution in [3.63, 3.8) is 0 Å². The summed E-state index contributed by atoms with van der Waals surface area (Å²) in [6.07, 6.45) is 3.39. The molecule has 0 spiro atoms. The highest BCUT2D eigenvalue weighted by atomic mass is 35.5. The largest absolute Gasteiger partial charge is 0.463 e. The first kappa shape index (κ1) is 16.3. The van der Waals surface area contributed by atoms with Gasteiger partial charge in [0.25, 0.3) is 5.91 Å². The number of ether oxygens (including phenoxy) is 2. The number of furan rings is 1. The summed E-state index contributed by atoms with van der Waals surface area (Å²) in [7, 11) is 1.65. The molecule has 5 nitrogen and oxygen atoms in total. The number of methoxy groups -OCH3 is 1. The summed E-state index contributed by atoms with van der Waals surface area (Å²) in [6, 6.07) is 5.13. The SMILES string of the molecule is COCC(NC(=O)c1ccc(Cl)c2occc12)C1CCOCC1. The highest BCUT2D eigenvalue weighted by Gasteiger charge is 2.26. The second kappa shape index (κ2) is 7.34. The Kier molecular flexibility index (Phi) is 5.20. The van der Waals surface area contributed by atoms with Gasteiger partial charge in [-0.05, 0) is 37.0 Å². The van der Waals surface area contributed by atoms with Gasteiger partial charge in [-0.15, -0.1) is 0 Å². The van der Waals surface area contributed by atoms with E-state index < -0.39 is 0 Å². The highest BCUT2D eigenvalue weighted by molar-refractivity contribution is 6.35. The Hall–Kier alpha value is -1.56. The van der Waals surface area contributed by atoms with Crippen molar-refractivity contribution in [3.8, 4) is 0 Å². The Bertz CT molecular complexity index is 678. The Labute approximate surface area is 139 Å². The lowest BCUT2D eigenvalue weighted by molar-refractivity contribution is 0.0362. The van der Waals surface area contributed by atoms with Crippen LogP contribution in [0, 0.1) is 5.92 Å². The lowest BCUT2D eigenvalue weighted by Gasteiger charge is -2.30. The topological polar surface area (TPSA) is 60.7 Å². The van der Waals surface area contributed by atoms with E-state index in [1.165, 1.54) is 0 Å². The molecule has 0 saturated carbocycles. The van der Waals surface area contributed by atoms with Crippen molar-refractivity contribution in [2.24, 2.45) is 5.92 Å². The van der Waals surface area contributed by atoms with Gasteiger partial charge in [-0.25, -0.2) is 0 Å². The van der Waals surface area contributed by atoms with E-state index in [-0.39, 0.29) is 11.9 Å². The molecule has 124 valence electrons. The van der Waals surface area contributed by atoms with E-state index in [1.54, 1.807) is 31.6 Å². The van der Waals surface area contributed by atoms with Crippen LogP contribution >= 0.6 is 11.6 Å². The van der Waals surface area contributed by atoms with Crippen LogP contribution in [0.4, 0.5) is 0 Å². The number of amides is 1. The van der Waals surface area contributed by atoms with Crippen molar-refractivity contribution in [1.82, 2.24) is 5.32 Å². The summed E-state index contributed by atoms with van der Waals surface area (Å²) in [6.45, 7) is 1.94. The maximum Gasteiger partial charge on any atom is 0.252 e. The van der Waals surface area contributed by atoms with Gasteiger partial charge in [0.15, 0.2) is 5.58 Å². The third-order valence-electron chi connectivity index (χ3n) is 4.31. The zero-order valence-electron chi connectivity index (χ0n) is 13.0. The maximum absolute atomic E-state index is 12.7. The molecule has 1 fully saturated rings. The summed E-state index contributed by atoms with van der Waals surface area (Å²) in [5, 5.41) is 4.32. The van der Waals surface area contributed by atoms with Crippen LogP contribution in [0.25, 0.3) is 11.0 Å². The Balaban J connectivity index is 1.80. The quantitative estimate of drug-likeness (QED) is 0.909. The van der Waals surface area contributed by atoms with Gasteiger partial charge in [-0.2, -0.15) is 0 Å². The van der Waals surface area contributed by atoms with Crippen LogP contribution in [0.15, 0.2) is 28.9 Å². The van der Waals surface area contributed by atoms with Crippen LogP contribution in [-0.2, 0) is 9.47 Å². The fraction of sp³-hybridized carbons (Fsp3) is 0.471. The molecule has 0 bridgehead atoms. The number of benzene rings is 1. The van der Waals surface area contributed by atoms with Crippen molar-refractivity contribution in [2.75, 3.05) is 26.9 Å². The molecule has 0 radical (unpaired) electrons. The van der Waals surface area contributed by atoms with Crippen LogP contribution in [0.1, 0.15) is 23.2 Å². The van der Waals surface area contributed by atoms with Crippen molar-refractivity contribution in [2.45, 2.75) is 18.9 Å². The van der Waals surface area contributed by atoms with E-state index in [0.29, 0.717) is 28.7 Å². The molecule has 1 aromatic carbocycles. The Morgan fingerprint density at radius 2 is 2.17 bits per heavy atom. The third-order valence-corrected chi connectivity index (χ3v) is 4.61. The smallest absolute Gasteiger partial charge is 0.252 e. The van der Waals surface area contributed by atoms with Crippen molar-refractivity contribution >= 4 is 28.5 Å². The number of fused-ring (bicyclic) bond motifs is 1. The maximum atomic E-state index is 12.7. The number of hydrogen-bond donors (Lipinski definition) is 1. The number of halogens is 1. The molecule has 1 unspecified atom stereocenters. The van der Waals surface area contributed by atoms with Gasteiger partial charge in [0.05, 0.1) is 29.5 Å². The molecule has 1 aliphatic rings. The molecule has 1 saturated heterocycles. The minimum Gasteiger partial charge on any atom is -0.463 e. The lowest BCUT2D eigenvalue weighted by atomic mass is 9.92. The third kappa shape index (κ3) is 3.52. The molecule has 23 heavy (non-hydrogen) atoms. The van der Waals surface area contributed by atoms with Gasteiger partial charge in [-0.3, -0.25) is 4.79 Å². The number of carbonyl (C=O) groups excluding carboxylic acids is 1. The summed E-state index contributed by atoms with van der Waals surface area (Å²) >= 11 is 6.09. The van der Waals surface area contributed by atoms with Gasteiger partial charge < -0.3 is 19.2 Å². The van der Waals surface area contributed by atoms with Crippen LogP contribution in [0.3, 0.4) is 0 Å². The zero-order valence-corrected chi connectivity index (χ0v) is 13.8. The molecule has 1 N–H and O–H groups in total. The fourth-order valence-corrected chi connectivity index (χ4v) is 3.28. The minimum atomic E-state index is -0.137. The molecule has 1 amide bonds. The Morgan fingerprint density at radius 3 is 2.91 bits per heavy atom. The Morgan fingerprint density at radius 1 is 1.39 bits per heavy atom. The molecule has 6 heteroatoms. The van der Waals surface area contributed by atoms with Gasteiger partial charge >= 0.3 is 0 Å². The second-order valence-electron chi connectivity index (χ2n) is 5.74. The van der Waals surface area contributed by atoms with Crippen LogP contribution in [0.5, 0.6) is 0 Å². The van der Waals surface area contributed by atoms with E-state index in [0.717, 1.165) is 31.4 Å². The standard InChI is InChI=1S/C17H20ClNO4/c1-21-10-15(11-4-7-22-8-5-11)19-17(20)13-2-3-14(18)16-12(13)6-9-23-16/h2-3,6,9,11,15H,4-5,7-8,10H2,1H3,(H,19,20). The normalized spacial score (nSPS) is 17.3. The number of rotatable bonds is 5. The monoisotopic (exact) mass is 337 g/mol. The number of nitrogens with one attached hydrogen (secondary N) is 1. The van der Waals surface area contributed by atoms with Crippen molar-refractivity contribution in [1.29, 1.82) is 0 Å². The van der Waals surface area contributed by atoms with Gasteiger partial charge in [0.1, 0.15) is 0 Å². The molecular formula is C17H20ClNO4. The summed E-state index contributed by atoms with van der Waals surface area (Å²) in [4.78, 5) is 12.7. The molecular weight excluding hydrogens is 318 g/mol. The number of hydrogen-bond acceptors (Lipinski definition) is 4. The van der Waals surface area contributed by atoms with Gasteiger partial charge in [0.2, 0.25) is 0 Å². The number of carbonyl (C=O) groups is 1. The van der Waals surface area contributed by atoms with Crippen LogP contribution < -0.4 is 5.32 Å². The lowest BCUT2D eigenvalue weighted by Crippen LogP contribution is -2.45. The van der Waals surface area contributed by atoms with E-state index in [1.807, 2.05) is 0 Å². The van der Waals surface area contributed by atoms with Crippen LogP contribution in [0.2, 0.25) is 5.02 Å². The predicted octanol–water partition coefficient (Wildman–Crippen LogP) is 3.26. The molecule has 1 aliphatic heterocycles. The first-order chi connectivity index (χ1) is 11.2. The van der Waals surface area contributed by atoms with E-state index in [2.05, 4.69) is 5.32 Å². The average Bonchev–Trinajstić information content (AvgIpc) is 3.06. The summed E-state index contributed by atoms with van der Waals surface area (Å²) in [5.41, 5.74) is 1.10. The first-order valence-electron chi connectivity index (χ1n) is 7.74. The van der Waals surface area contributed by atoms with E-state index >= 15 is 0 Å². The molecule has 2 aromatic rings. The van der Waals surface area contributed by atoms with Crippen LogP contribution in [-0.4, -0.2) is 38.9 Å². The molecule has 2 heterocycles. The van der Waals surface area contributed by atoms with Crippen molar-refractivity contribution in [3.05, 3.63) is 35.0 Å². The first-order valence-corrected chi connectivity index (χ1v) is 8.11. The predicted molar refractivity (Wildman–Crippen MR) is 87.9 cm³/mol. The second-order valence-corrected chi connectivity index (χ2v) is 6.15. The highest BCUT2D eigenvalue weighted by Crippen LogP contribution is 2.28.